The maximum absolute atomic E-state index is 11.5. The van der Waals surface area contributed by atoms with Crippen molar-refractivity contribution in [2.45, 2.75) is 24.9 Å². The first-order valence-corrected chi connectivity index (χ1v) is 8.38. The van der Waals surface area contributed by atoms with Gasteiger partial charge in [-0.3, -0.25) is 0 Å². The third-order valence-corrected chi connectivity index (χ3v) is 4.71. The summed E-state index contributed by atoms with van der Waals surface area (Å²) in [6.07, 6.45) is 3.11. The van der Waals surface area contributed by atoms with E-state index in [9.17, 15) is 9.90 Å². The largest absolute Gasteiger partial charge is 0.477 e. The van der Waals surface area contributed by atoms with E-state index in [-0.39, 0.29) is 17.6 Å². The molecular formula is C20H19N3O2. The van der Waals surface area contributed by atoms with Crippen LogP contribution < -0.4 is 5.32 Å². The SMILES string of the molecule is O=C(O)c1cnn2c1NC(c1ccccc1)CC2Cc1ccccc1. The third-order valence-electron chi connectivity index (χ3n) is 4.71. The highest BCUT2D eigenvalue weighted by Gasteiger charge is 2.31. The maximum atomic E-state index is 11.5. The van der Waals surface area contributed by atoms with E-state index in [2.05, 4.69) is 34.7 Å². The molecule has 2 N–H and O–H groups in total. The molecule has 0 saturated carbocycles. The standard InChI is InChI=1S/C20H19N3O2/c24-20(25)17-13-21-23-16(11-14-7-3-1-4-8-14)12-18(22-19(17)23)15-9-5-2-6-10-15/h1-10,13,16,18,22H,11-12H2,(H,24,25). The molecule has 5 heteroatoms. The average Bonchev–Trinajstić information content (AvgIpc) is 3.08. The fourth-order valence-electron chi connectivity index (χ4n) is 3.50. The molecule has 2 heterocycles. The number of aromatic nitrogens is 2. The van der Waals surface area contributed by atoms with Crippen LogP contribution in [0.4, 0.5) is 5.82 Å². The summed E-state index contributed by atoms with van der Waals surface area (Å²) >= 11 is 0. The number of fused-ring (bicyclic) bond motifs is 1. The highest BCUT2D eigenvalue weighted by atomic mass is 16.4. The number of carboxylic acids is 1. The van der Waals surface area contributed by atoms with E-state index in [0.29, 0.717) is 5.82 Å². The molecule has 1 aliphatic heterocycles. The number of rotatable bonds is 4. The zero-order valence-electron chi connectivity index (χ0n) is 13.7. The Morgan fingerprint density at radius 2 is 1.80 bits per heavy atom. The molecule has 3 aromatic rings. The molecule has 2 atom stereocenters. The quantitative estimate of drug-likeness (QED) is 0.759. The molecule has 0 spiro atoms. The number of benzene rings is 2. The molecular weight excluding hydrogens is 314 g/mol. The second-order valence-electron chi connectivity index (χ2n) is 6.34. The number of aromatic carboxylic acids is 1. The molecule has 5 nitrogen and oxygen atoms in total. The molecule has 2 unspecified atom stereocenters. The fraction of sp³-hybridized carbons (Fsp3) is 0.200. The smallest absolute Gasteiger partial charge is 0.341 e. The summed E-state index contributed by atoms with van der Waals surface area (Å²) in [6.45, 7) is 0. The second kappa shape index (κ2) is 6.43. The van der Waals surface area contributed by atoms with Gasteiger partial charge in [0, 0.05) is 0 Å². The van der Waals surface area contributed by atoms with Gasteiger partial charge in [-0.1, -0.05) is 60.7 Å². The van der Waals surface area contributed by atoms with Gasteiger partial charge in [-0.2, -0.15) is 5.10 Å². The van der Waals surface area contributed by atoms with E-state index >= 15 is 0 Å². The highest BCUT2D eigenvalue weighted by Crippen LogP contribution is 2.38. The second-order valence-corrected chi connectivity index (χ2v) is 6.34. The fourth-order valence-corrected chi connectivity index (χ4v) is 3.50. The topological polar surface area (TPSA) is 67.1 Å². The van der Waals surface area contributed by atoms with Gasteiger partial charge >= 0.3 is 5.97 Å². The number of hydrogen-bond donors (Lipinski definition) is 2. The number of anilines is 1. The van der Waals surface area contributed by atoms with Crippen LogP contribution in [-0.4, -0.2) is 20.9 Å². The lowest BCUT2D eigenvalue weighted by atomic mass is 9.93. The molecule has 126 valence electrons. The lowest BCUT2D eigenvalue weighted by molar-refractivity contribution is 0.0697. The van der Waals surface area contributed by atoms with E-state index in [1.165, 1.54) is 11.8 Å². The minimum Gasteiger partial charge on any atom is -0.477 e. The van der Waals surface area contributed by atoms with Gasteiger partial charge in [0.2, 0.25) is 0 Å². The maximum Gasteiger partial charge on any atom is 0.341 e. The van der Waals surface area contributed by atoms with Crippen LogP contribution >= 0.6 is 0 Å². The first kappa shape index (κ1) is 15.4. The van der Waals surface area contributed by atoms with Crippen molar-refractivity contribution >= 4 is 11.8 Å². The minimum absolute atomic E-state index is 0.0669. The summed E-state index contributed by atoms with van der Waals surface area (Å²) in [5.74, 6) is -0.366. The van der Waals surface area contributed by atoms with Crippen molar-refractivity contribution < 1.29 is 9.90 Å². The Hall–Kier alpha value is -3.08. The van der Waals surface area contributed by atoms with Gasteiger partial charge in [-0.15, -0.1) is 0 Å². The molecule has 1 aliphatic rings. The van der Waals surface area contributed by atoms with Crippen LogP contribution in [0.1, 0.15) is 40.0 Å². The Morgan fingerprint density at radius 1 is 1.12 bits per heavy atom. The van der Waals surface area contributed by atoms with Crippen molar-refractivity contribution in [2.24, 2.45) is 0 Å². The van der Waals surface area contributed by atoms with Crippen molar-refractivity contribution in [3.05, 3.63) is 83.6 Å². The summed E-state index contributed by atoms with van der Waals surface area (Å²) in [6, 6.07) is 20.6. The van der Waals surface area contributed by atoms with Crippen LogP contribution in [0.5, 0.6) is 0 Å². The van der Waals surface area contributed by atoms with Crippen molar-refractivity contribution in [3.8, 4) is 0 Å². The molecule has 25 heavy (non-hydrogen) atoms. The molecule has 0 amide bonds. The molecule has 1 aromatic heterocycles. The Balaban J connectivity index is 1.72. The van der Waals surface area contributed by atoms with Gasteiger partial charge in [-0.05, 0) is 24.0 Å². The van der Waals surface area contributed by atoms with Gasteiger partial charge < -0.3 is 10.4 Å². The highest BCUT2D eigenvalue weighted by molar-refractivity contribution is 5.93. The van der Waals surface area contributed by atoms with Gasteiger partial charge in [-0.25, -0.2) is 9.48 Å². The van der Waals surface area contributed by atoms with Crippen LogP contribution in [0, 0.1) is 0 Å². The summed E-state index contributed by atoms with van der Waals surface area (Å²) in [5.41, 5.74) is 2.60. The first-order chi connectivity index (χ1) is 12.2. The third kappa shape index (κ3) is 3.01. The minimum atomic E-state index is -0.957. The molecule has 4 rings (SSSR count). The molecule has 0 bridgehead atoms. The normalized spacial score (nSPS) is 19.0. The lowest BCUT2D eigenvalue weighted by Gasteiger charge is -2.33. The number of nitrogens with zero attached hydrogens (tertiary/aromatic N) is 2. The van der Waals surface area contributed by atoms with Gasteiger partial charge in [0.25, 0.3) is 0 Å². The van der Waals surface area contributed by atoms with Gasteiger partial charge in [0.15, 0.2) is 0 Å². The van der Waals surface area contributed by atoms with Crippen molar-refractivity contribution in [1.29, 1.82) is 0 Å². The molecule has 0 fully saturated rings. The summed E-state index contributed by atoms with van der Waals surface area (Å²) < 4.78 is 1.83. The van der Waals surface area contributed by atoms with E-state index in [4.69, 9.17) is 0 Å². The Kier molecular flexibility index (Phi) is 3.98. The van der Waals surface area contributed by atoms with Gasteiger partial charge in [0.1, 0.15) is 11.4 Å². The zero-order chi connectivity index (χ0) is 17.2. The first-order valence-electron chi connectivity index (χ1n) is 8.38. The van der Waals surface area contributed by atoms with E-state index in [1.54, 1.807) is 0 Å². The van der Waals surface area contributed by atoms with Crippen molar-refractivity contribution in [2.75, 3.05) is 5.32 Å². The monoisotopic (exact) mass is 333 g/mol. The summed E-state index contributed by atoms with van der Waals surface area (Å²) in [4.78, 5) is 11.5. The van der Waals surface area contributed by atoms with Gasteiger partial charge in [0.05, 0.1) is 18.3 Å². The van der Waals surface area contributed by atoms with E-state index in [0.717, 1.165) is 18.4 Å². The van der Waals surface area contributed by atoms with Crippen molar-refractivity contribution in [3.63, 3.8) is 0 Å². The Labute approximate surface area is 145 Å². The lowest BCUT2D eigenvalue weighted by Crippen LogP contribution is -2.29. The Bertz CT molecular complexity index is 874. The predicted octanol–water partition coefficient (Wildman–Crippen LogP) is 3.92. The Morgan fingerprint density at radius 3 is 2.48 bits per heavy atom. The van der Waals surface area contributed by atoms with Crippen LogP contribution in [-0.2, 0) is 6.42 Å². The number of hydrogen-bond acceptors (Lipinski definition) is 3. The molecule has 0 aliphatic carbocycles. The van der Waals surface area contributed by atoms with E-state index < -0.39 is 5.97 Å². The van der Waals surface area contributed by atoms with Crippen LogP contribution in [0.15, 0.2) is 66.9 Å². The van der Waals surface area contributed by atoms with Crippen LogP contribution in [0.25, 0.3) is 0 Å². The van der Waals surface area contributed by atoms with Crippen molar-refractivity contribution in [1.82, 2.24) is 9.78 Å². The molecule has 0 saturated heterocycles. The van der Waals surface area contributed by atoms with E-state index in [1.807, 2.05) is 41.1 Å². The average molecular weight is 333 g/mol. The summed E-state index contributed by atoms with van der Waals surface area (Å²) in [7, 11) is 0. The van der Waals surface area contributed by atoms with Crippen LogP contribution in [0.3, 0.4) is 0 Å². The zero-order valence-corrected chi connectivity index (χ0v) is 13.7. The number of carbonyl (C=O) groups is 1. The van der Waals surface area contributed by atoms with Crippen LogP contribution in [0.2, 0.25) is 0 Å². The molecule has 2 aromatic carbocycles. The number of carboxylic acid groups (broad SMARTS) is 1. The summed E-state index contributed by atoms with van der Waals surface area (Å²) in [5, 5.41) is 17.2. The molecule has 0 radical (unpaired) electrons. The predicted molar refractivity (Wildman–Crippen MR) is 95.8 cm³/mol. The number of nitrogens with one attached hydrogen (secondary N) is 1.